The molecule has 0 amide bonds. The first kappa shape index (κ1) is 16.9. The van der Waals surface area contributed by atoms with Crippen LogP contribution in [0.1, 0.15) is 37.8 Å². The molecule has 0 saturated heterocycles. The van der Waals surface area contributed by atoms with Crippen molar-refractivity contribution in [3.63, 3.8) is 0 Å². The molecule has 1 aliphatic heterocycles. The van der Waals surface area contributed by atoms with Gasteiger partial charge in [0.15, 0.2) is 0 Å². The van der Waals surface area contributed by atoms with Crippen LogP contribution in [-0.2, 0) is 0 Å². The highest BCUT2D eigenvalue weighted by molar-refractivity contribution is 5.91. The number of hydrogen-bond donors (Lipinski definition) is 1. The zero-order valence-electron chi connectivity index (χ0n) is 13.5. The molecule has 0 radical (unpaired) electrons. The molecule has 0 bridgehead atoms. The average molecular weight is 313 g/mol. The third-order valence-electron chi connectivity index (χ3n) is 3.62. The number of hydrogen-bond acceptors (Lipinski definition) is 1. The summed E-state index contributed by atoms with van der Waals surface area (Å²) in [6.07, 6.45) is 1.46. The van der Waals surface area contributed by atoms with Gasteiger partial charge in [0.2, 0.25) is 0 Å². The van der Waals surface area contributed by atoms with Crippen molar-refractivity contribution in [3.05, 3.63) is 83.6 Å². The topological polar surface area (TPSA) is 12.0 Å². The fraction of sp³-hybridized carbons (Fsp3) is 0.200. The van der Waals surface area contributed by atoms with Crippen LogP contribution < -0.4 is 5.32 Å². The minimum absolute atomic E-state index is 0.0165. The first-order valence-corrected chi connectivity index (χ1v) is 7.84. The van der Waals surface area contributed by atoms with Crippen LogP contribution in [0.15, 0.2) is 60.8 Å². The van der Waals surface area contributed by atoms with Gasteiger partial charge in [-0.05, 0) is 36.1 Å². The third kappa shape index (κ3) is 3.67. The minimum Gasteiger partial charge on any atom is -0.359 e. The van der Waals surface area contributed by atoms with Crippen molar-refractivity contribution < 1.29 is 8.78 Å². The van der Waals surface area contributed by atoms with Gasteiger partial charge < -0.3 is 5.32 Å². The normalized spacial score (nSPS) is 14.0. The Hall–Kier alpha value is -2.42. The lowest BCUT2D eigenvalue weighted by Crippen LogP contribution is -2.19. The van der Waals surface area contributed by atoms with Crippen LogP contribution in [0.3, 0.4) is 0 Å². The van der Waals surface area contributed by atoms with E-state index in [1.165, 1.54) is 18.2 Å². The molecule has 2 aromatic carbocycles. The van der Waals surface area contributed by atoms with Gasteiger partial charge in [-0.25, -0.2) is 8.78 Å². The second-order valence-corrected chi connectivity index (χ2v) is 5.04. The van der Waals surface area contributed by atoms with Crippen molar-refractivity contribution in [1.29, 1.82) is 0 Å². The van der Waals surface area contributed by atoms with E-state index in [4.69, 9.17) is 0 Å². The summed E-state index contributed by atoms with van der Waals surface area (Å²) in [5, 5.41) is 3.07. The fourth-order valence-corrected chi connectivity index (χ4v) is 2.59. The molecule has 0 fully saturated rings. The van der Waals surface area contributed by atoms with Crippen molar-refractivity contribution in [1.82, 2.24) is 5.32 Å². The molecule has 0 unspecified atom stereocenters. The van der Waals surface area contributed by atoms with E-state index in [9.17, 15) is 8.78 Å². The maximum atomic E-state index is 14.1. The van der Waals surface area contributed by atoms with Gasteiger partial charge in [0, 0.05) is 5.70 Å². The van der Waals surface area contributed by atoms with E-state index in [0.717, 1.165) is 23.3 Å². The second-order valence-electron chi connectivity index (χ2n) is 5.04. The van der Waals surface area contributed by atoms with E-state index in [1.807, 2.05) is 44.2 Å². The van der Waals surface area contributed by atoms with Crippen molar-refractivity contribution in [2.45, 2.75) is 26.7 Å². The van der Waals surface area contributed by atoms with Crippen LogP contribution in [0.25, 0.3) is 11.3 Å². The summed E-state index contributed by atoms with van der Waals surface area (Å²) in [6, 6.07) is 13.6. The predicted octanol–water partition coefficient (Wildman–Crippen LogP) is 5.76. The van der Waals surface area contributed by atoms with E-state index < -0.39 is 11.6 Å². The van der Waals surface area contributed by atoms with Crippen LogP contribution in [0.2, 0.25) is 0 Å². The average Bonchev–Trinajstić information content (AvgIpc) is 2.57. The van der Waals surface area contributed by atoms with E-state index in [-0.39, 0.29) is 5.56 Å². The van der Waals surface area contributed by atoms with Gasteiger partial charge in [0.1, 0.15) is 11.6 Å². The SMILES string of the molecule is C=C1CCC(c2ccccc2)=C(c2c(F)cccc2F)N1.CC. The van der Waals surface area contributed by atoms with E-state index in [0.29, 0.717) is 12.1 Å². The lowest BCUT2D eigenvalue weighted by atomic mass is 9.91. The molecule has 1 N–H and O–H groups in total. The Morgan fingerprint density at radius 3 is 2.09 bits per heavy atom. The molecular formula is C20H21F2N. The molecule has 2 aromatic rings. The van der Waals surface area contributed by atoms with Gasteiger partial charge in [0.05, 0.1) is 11.3 Å². The molecule has 0 spiro atoms. The van der Waals surface area contributed by atoms with Gasteiger partial charge in [-0.3, -0.25) is 0 Å². The molecule has 0 aromatic heterocycles. The summed E-state index contributed by atoms with van der Waals surface area (Å²) in [4.78, 5) is 0. The Morgan fingerprint density at radius 1 is 0.870 bits per heavy atom. The second kappa shape index (κ2) is 7.73. The Kier molecular flexibility index (Phi) is 5.69. The van der Waals surface area contributed by atoms with Crippen LogP contribution in [-0.4, -0.2) is 0 Å². The van der Waals surface area contributed by atoms with Crippen LogP contribution in [0, 0.1) is 11.6 Å². The number of nitrogens with one attached hydrogen (secondary N) is 1. The molecule has 0 atom stereocenters. The molecule has 23 heavy (non-hydrogen) atoms. The first-order chi connectivity index (χ1) is 11.2. The van der Waals surface area contributed by atoms with Gasteiger partial charge in [0.25, 0.3) is 0 Å². The Balaban J connectivity index is 0.000000924. The predicted molar refractivity (Wildman–Crippen MR) is 92.5 cm³/mol. The fourth-order valence-electron chi connectivity index (χ4n) is 2.59. The molecule has 1 heterocycles. The molecule has 3 heteroatoms. The summed E-state index contributed by atoms with van der Waals surface area (Å²) in [5.74, 6) is -1.14. The maximum Gasteiger partial charge on any atom is 0.135 e. The summed E-state index contributed by atoms with van der Waals surface area (Å²) < 4.78 is 28.2. The van der Waals surface area contributed by atoms with E-state index in [2.05, 4.69) is 11.9 Å². The van der Waals surface area contributed by atoms with Crippen molar-refractivity contribution in [2.75, 3.05) is 0 Å². The Morgan fingerprint density at radius 2 is 1.48 bits per heavy atom. The van der Waals surface area contributed by atoms with Crippen molar-refractivity contribution in [2.24, 2.45) is 0 Å². The van der Waals surface area contributed by atoms with Gasteiger partial charge in [-0.15, -0.1) is 0 Å². The largest absolute Gasteiger partial charge is 0.359 e. The Bertz CT molecular complexity index is 697. The van der Waals surface area contributed by atoms with Crippen molar-refractivity contribution in [3.8, 4) is 0 Å². The summed E-state index contributed by atoms with van der Waals surface area (Å²) in [6.45, 7) is 7.89. The zero-order chi connectivity index (χ0) is 16.8. The zero-order valence-corrected chi connectivity index (χ0v) is 13.5. The van der Waals surface area contributed by atoms with Crippen LogP contribution in [0.5, 0.6) is 0 Å². The van der Waals surface area contributed by atoms with E-state index >= 15 is 0 Å². The maximum absolute atomic E-state index is 14.1. The molecular weight excluding hydrogens is 292 g/mol. The molecule has 0 aliphatic carbocycles. The lowest BCUT2D eigenvalue weighted by molar-refractivity contribution is 0.574. The Labute approximate surface area is 136 Å². The molecule has 0 saturated carbocycles. The number of rotatable bonds is 2. The number of halogens is 2. The number of allylic oxidation sites excluding steroid dienone is 2. The molecule has 1 aliphatic rings. The van der Waals surface area contributed by atoms with Crippen LogP contribution >= 0.6 is 0 Å². The highest BCUT2D eigenvalue weighted by atomic mass is 19.1. The minimum atomic E-state index is -0.569. The molecule has 3 rings (SSSR count). The summed E-state index contributed by atoms with van der Waals surface area (Å²) in [5.41, 5.74) is 3.11. The summed E-state index contributed by atoms with van der Waals surface area (Å²) >= 11 is 0. The smallest absolute Gasteiger partial charge is 0.135 e. The van der Waals surface area contributed by atoms with Crippen LogP contribution in [0.4, 0.5) is 8.78 Å². The van der Waals surface area contributed by atoms with Gasteiger partial charge in [-0.2, -0.15) is 0 Å². The quantitative estimate of drug-likeness (QED) is 0.743. The lowest BCUT2D eigenvalue weighted by Gasteiger charge is -2.25. The standard InChI is InChI=1S/C18H15F2N.C2H6/c1-12-10-11-14(13-6-3-2-4-7-13)18(21-12)17-15(19)8-5-9-16(17)20;1-2/h2-9,21H,1,10-11H2;1-2H3. The third-order valence-corrected chi connectivity index (χ3v) is 3.62. The summed E-state index contributed by atoms with van der Waals surface area (Å²) in [7, 11) is 0. The van der Waals surface area contributed by atoms with Crippen molar-refractivity contribution >= 4 is 11.3 Å². The van der Waals surface area contributed by atoms with Gasteiger partial charge in [-0.1, -0.05) is 56.8 Å². The van der Waals surface area contributed by atoms with Gasteiger partial charge >= 0.3 is 0 Å². The number of benzene rings is 2. The monoisotopic (exact) mass is 313 g/mol. The van der Waals surface area contributed by atoms with E-state index in [1.54, 1.807) is 0 Å². The highest BCUT2D eigenvalue weighted by Crippen LogP contribution is 2.35. The highest BCUT2D eigenvalue weighted by Gasteiger charge is 2.22. The first-order valence-electron chi connectivity index (χ1n) is 7.84. The molecule has 120 valence electrons. The molecule has 1 nitrogen and oxygen atoms in total.